The molecule has 0 saturated heterocycles. The van der Waals surface area contributed by atoms with E-state index in [9.17, 15) is 4.79 Å². The third-order valence-corrected chi connectivity index (χ3v) is 2.93. The number of rotatable bonds is 2. The highest BCUT2D eigenvalue weighted by molar-refractivity contribution is 5.95. The quantitative estimate of drug-likeness (QED) is 0.807. The summed E-state index contributed by atoms with van der Waals surface area (Å²) in [5.74, 6) is 0.608. The van der Waals surface area contributed by atoms with E-state index in [2.05, 4.69) is 4.98 Å². The molecule has 2 aromatic rings. The highest BCUT2D eigenvalue weighted by Gasteiger charge is 2.16. The Balaban J connectivity index is 2.05. The maximum absolute atomic E-state index is 11.6. The standard InChI is InChI=1S/C13H13NO3/c1-2-16-13(15)11-6-9-7-12-8(3-4-17-12)5-10(9)14-11/h5-7,14H,2-4H2,1H3. The van der Waals surface area contributed by atoms with Gasteiger partial charge in [0.2, 0.25) is 0 Å². The molecular weight excluding hydrogens is 218 g/mol. The first kappa shape index (κ1) is 10.2. The van der Waals surface area contributed by atoms with Crippen LogP contribution in [0.15, 0.2) is 18.2 Å². The molecule has 1 N–H and O–H groups in total. The first-order chi connectivity index (χ1) is 8.28. The molecule has 0 bridgehead atoms. The van der Waals surface area contributed by atoms with E-state index in [-0.39, 0.29) is 5.97 Å². The van der Waals surface area contributed by atoms with Gasteiger partial charge in [0, 0.05) is 17.3 Å². The summed E-state index contributed by atoms with van der Waals surface area (Å²) in [7, 11) is 0. The second kappa shape index (κ2) is 3.80. The maximum atomic E-state index is 11.6. The highest BCUT2D eigenvalue weighted by Crippen LogP contribution is 2.30. The molecule has 4 nitrogen and oxygen atoms in total. The molecule has 88 valence electrons. The number of benzene rings is 1. The van der Waals surface area contributed by atoms with E-state index in [1.165, 1.54) is 5.56 Å². The molecule has 0 amide bonds. The molecular formula is C13H13NO3. The summed E-state index contributed by atoms with van der Waals surface area (Å²) in [6, 6.07) is 5.81. The van der Waals surface area contributed by atoms with Gasteiger partial charge in [-0.2, -0.15) is 0 Å². The molecule has 1 aliphatic heterocycles. The van der Waals surface area contributed by atoms with Crippen LogP contribution in [0.5, 0.6) is 5.75 Å². The summed E-state index contributed by atoms with van der Waals surface area (Å²) in [6.07, 6.45) is 0.930. The summed E-state index contributed by atoms with van der Waals surface area (Å²) in [4.78, 5) is 14.7. The average molecular weight is 231 g/mol. The Morgan fingerprint density at radius 2 is 2.35 bits per heavy atom. The monoisotopic (exact) mass is 231 g/mol. The molecule has 1 aliphatic rings. The van der Waals surface area contributed by atoms with Crippen molar-refractivity contribution in [2.45, 2.75) is 13.3 Å². The van der Waals surface area contributed by atoms with Gasteiger partial charge >= 0.3 is 5.97 Å². The Hall–Kier alpha value is -1.97. The summed E-state index contributed by atoms with van der Waals surface area (Å²) in [6.45, 7) is 2.92. The lowest BCUT2D eigenvalue weighted by Crippen LogP contribution is -2.04. The molecule has 0 unspecified atom stereocenters. The first-order valence-electron chi connectivity index (χ1n) is 5.73. The number of aromatic amines is 1. The fourth-order valence-electron chi connectivity index (χ4n) is 2.12. The summed E-state index contributed by atoms with van der Waals surface area (Å²) in [5, 5.41) is 0.980. The Kier molecular flexibility index (Phi) is 2.28. The van der Waals surface area contributed by atoms with Crippen LogP contribution in [0.1, 0.15) is 23.0 Å². The van der Waals surface area contributed by atoms with Crippen molar-refractivity contribution >= 4 is 16.9 Å². The van der Waals surface area contributed by atoms with Crippen molar-refractivity contribution in [2.75, 3.05) is 13.2 Å². The summed E-state index contributed by atoms with van der Waals surface area (Å²) >= 11 is 0. The molecule has 3 rings (SSSR count). The highest BCUT2D eigenvalue weighted by atomic mass is 16.5. The summed E-state index contributed by atoms with van der Waals surface area (Å²) in [5.41, 5.74) is 2.64. The van der Waals surface area contributed by atoms with E-state index in [1.54, 1.807) is 13.0 Å². The van der Waals surface area contributed by atoms with Gasteiger partial charge in [0.25, 0.3) is 0 Å². The molecule has 1 aromatic carbocycles. The van der Waals surface area contributed by atoms with Crippen LogP contribution < -0.4 is 4.74 Å². The van der Waals surface area contributed by atoms with Gasteiger partial charge in [-0.05, 0) is 30.7 Å². The van der Waals surface area contributed by atoms with Gasteiger partial charge in [-0.3, -0.25) is 0 Å². The normalized spacial score (nSPS) is 13.5. The summed E-state index contributed by atoms with van der Waals surface area (Å²) < 4.78 is 10.5. The number of ether oxygens (including phenoxy) is 2. The number of carbonyl (C=O) groups is 1. The van der Waals surface area contributed by atoms with Crippen LogP contribution in [-0.2, 0) is 11.2 Å². The van der Waals surface area contributed by atoms with Gasteiger partial charge in [0.15, 0.2) is 0 Å². The number of fused-ring (bicyclic) bond motifs is 2. The topological polar surface area (TPSA) is 51.3 Å². The number of hydrogen-bond donors (Lipinski definition) is 1. The van der Waals surface area contributed by atoms with Crippen LogP contribution in [0.25, 0.3) is 10.9 Å². The third kappa shape index (κ3) is 1.65. The first-order valence-corrected chi connectivity index (χ1v) is 5.73. The number of H-pyrrole nitrogens is 1. The second-order valence-electron chi connectivity index (χ2n) is 4.05. The Bertz CT molecular complexity index is 545. The molecule has 4 heteroatoms. The van der Waals surface area contributed by atoms with Crippen LogP contribution >= 0.6 is 0 Å². The molecule has 0 radical (unpaired) electrons. The number of aromatic nitrogens is 1. The number of nitrogens with one attached hydrogen (secondary N) is 1. The van der Waals surface area contributed by atoms with Crippen LogP contribution in [0.4, 0.5) is 0 Å². The molecule has 0 saturated carbocycles. The van der Waals surface area contributed by atoms with Gasteiger partial charge in [-0.15, -0.1) is 0 Å². The van der Waals surface area contributed by atoms with E-state index in [4.69, 9.17) is 9.47 Å². The minimum Gasteiger partial charge on any atom is -0.493 e. The fraction of sp³-hybridized carbons (Fsp3) is 0.308. The lowest BCUT2D eigenvalue weighted by Gasteiger charge is -1.97. The van der Waals surface area contributed by atoms with Crippen LogP contribution in [-0.4, -0.2) is 24.2 Å². The zero-order valence-corrected chi connectivity index (χ0v) is 9.58. The maximum Gasteiger partial charge on any atom is 0.354 e. The number of esters is 1. The molecule has 0 atom stereocenters. The lowest BCUT2D eigenvalue weighted by atomic mass is 10.1. The van der Waals surface area contributed by atoms with Gasteiger partial charge in [0.1, 0.15) is 11.4 Å². The lowest BCUT2D eigenvalue weighted by molar-refractivity contribution is 0.0520. The molecule has 0 aliphatic carbocycles. The molecule has 0 spiro atoms. The predicted molar refractivity (Wildman–Crippen MR) is 63.5 cm³/mol. The molecule has 0 fully saturated rings. The molecule has 2 heterocycles. The van der Waals surface area contributed by atoms with Gasteiger partial charge in [-0.25, -0.2) is 4.79 Å². The SMILES string of the molecule is CCOC(=O)c1cc2cc3c(cc2[nH]1)CCO3. The Morgan fingerprint density at radius 1 is 1.47 bits per heavy atom. The smallest absolute Gasteiger partial charge is 0.354 e. The van der Waals surface area contributed by atoms with Gasteiger partial charge in [-0.1, -0.05) is 0 Å². The van der Waals surface area contributed by atoms with Crippen molar-refractivity contribution in [3.05, 3.63) is 29.5 Å². The van der Waals surface area contributed by atoms with Crippen LogP contribution in [0.2, 0.25) is 0 Å². The van der Waals surface area contributed by atoms with E-state index in [0.29, 0.717) is 12.3 Å². The number of hydrogen-bond acceptors (Lipinski definition) is 3. The van der Waals surface area contributed by atoms with Crippen molar-refractivity contribution in [1.29, 1.82) is 0 Å². The van der Waals surface area contributed by atoms with E-state index < -0.39 is 0 Å². The average Bonchev–Trinajstić information content (AvgIpc) is 2.90. The van der Waals surface area contributed by atoms with Crippen molar-refractivity contribution in [3.63, 3.8) is 0 Å². The third-order valence-electron chi connectivity index (χ3n) is 2.93. The largest absolute Gasteiger partial charge is 0.493 e. The van der Waals surface area contributed by atoms with E-state index in [0.717, 1.165) is 29.7 Å². The molecule has 17 heavy (non-hydrogen) atoms. The fourth-order valence-corrected chi connectivity index (χ4v) is 2.12. The minimum atomic E-state index is -0.315. The minimum absolute atomic E-state index is 0.315. The van der Waals surface area contributed by atoms with Crippen molar-refractivity contribution in [1.82, 2.24) is 4.98 Å². The molecule has 1 aromatic heterocycles. The van der Waals surface area contributed by atoms with E-state index >= 15 is 0 Å². The van der Waals surface area contributed by atoms with Crippen molar-refractivity contribution < 1.29 is 14.3 Å². The zero-order valence-electron chi connectivity index (χ0n) is 9.58. The second-order valence-corrected chi connectivity index (χ2v) is 4.05. The van der Waals surface area contributed by atoms with E-state index in [1.807, 2.05) is 12.1 Å². The predicted octanol–water partition coefficient (Wildman–Crippen LogP) is 2.28. The van der Waals surface area contributed by atoms with Crippen LogP contribution in [0.3, 0.4) is 0 Å². The van der Waals surface area contributed by atoms with Crippen molar-refractivity contribution in [2.24, 2.45) is 0 Å². The van der Waals surface area contributed by atoms with Gasteiger partial charge in [0.05, 0.1) is 13.2 Å². The van der Waals surface area contributed by atoms with Gasteiger partial charge < -0.3 is 14.5 Å². The van der Waals surface area contributed by atoms with Crippen molar-refractivity contribution in [3.8, 4) is 5.75 Å². The zero-order chi connectivity index (χ0) is 11.8. The van der Waals surface area contributed by atoms with Crippen LogP contribution in [0, 0.1) is 0 Å². The number of carbonyl (C=O) groups excluding carboxylic acids is 1. The Labute approximate surface area is 98.5 Å². The Morgan fingerprint density at radius 3 is 3.18 bits per heavy atom.